The van der Waals surface area contributed by atoms with Crippen LogP contribution in [0.15, 0.2) is 34.9 Å². The van der Waals surface area contributed by atoms with E-state index in [0.717, 1.165) is 32.1 Å². The summed E-state index contributed by atoms with van der Waals surface area (Å²) in [5.74, 6) is 5.60. The zero-order chi connectivity index (χ0) is 15.2. The summed E-state index contributed by atoms with van der Waals surface area (Å²) in [6.07, 6.45) is 13.3. The van der Waals surface area contributed by atoms with E-state index in [-0.39, 0.29) is 6.61 Å². The lowest BCUT2D eigenvalue weighted by atomic mass is 10.1. The van der Waals surface area contributed by atoms with Crippen LogP contribution in [0.2, 0.25) is 0 Å². The van der Waals surface area contributed by atoms with Crippen molar-refractivity contribution in [3.63, 3.8) is 0 Å². The van der Waals surface area contributed by atoms with Crippen molar-refractivity contribution in [1.82, 2.24) is 0 Å². The molecular weight excluding hydrogens is 244 g/mol. The van der Waals surface area contributed by atoms with Gasteiger partial charge in [0.05, 0.1) is 0 Å². The van der Waals surface area contributed by atoms with Crippen molar-refractivity contribution in [1.29, 1.82) is 0 Å². The average Bonchev–Trinajstić information content (AvgIpc) is 2.38. The predicted octanol–water partition coefficient (Wildman–Crippen LogP) is 5.18. The minimum Gasteiger partial charge on any atom is -0.384 e. The van der Waals surface area contributed by atoms with Gasteiger partial charge in [-0.2, -0.15) is 0 Å². The first kappa shape index (κ1) is 18.7. The molecule has 0 unspecified atom stereocenters. The third-order valence-electron chi connectivity index (χ3n) is 3.09. The molecule has 112 valence electrons. The molecule has 0 saturated carbocycles. The highest BCUT2D eigenvalue weighted by atomic mass is 16.2. The molecule has 1 N–H and O–H groups in total. The molecule has 0 heterocycles. The summed E-state index contributed by atoms with van der Waals surface area (Å²) in [5.41, 5.74) is 4.33. The highest BCUT2D eigenvalue weighted by molar-refractivity contribution is 5.06. The second kappa shape index (κ2) is 12.8. The van der Waals surface area contributed by atoms with Gasteiger partial charge in [0.2, 0.25) is 0 Å². The molecule has 0 rings (SSSR count). The number of unbranched alkanes of at least 4 members (excludes halogenated alkanes) is 1. The molecule has 0 amide bonds. The molecule has 0 aromatic carbocycles. The molecule has 0 radical (unpaired) electrons. The van der Waals surface area contributed by atoms with E-state index in [9.17, 15) is 0 Å². The van der Waals surface area contributed by atoms with Gasteiger partial charge in [-0.3, -0.25) is 0 Å². The Labute approximate surface area is 125 Å². The largest absolute Gasteiger partial charge is 0.384 e. The Hall–Kier alpha value is -1.26. The van der Waals surface area contributed by atoms with Crippen molar-refractivity contribution in [3.8, 4) is 11.8 Å². The minimum absolute atomic E-state index is 0.0283. The zero-order valence-electron chi connectivity index (χ0n) is 13.6. The molecule has 0 aromatic heterocycles. The molecule has 20 heavy (non-hydrogen) atoms. The molecule has 0 aromatic rings. The van der Waals surface area contributed by atoms with Gasteiger partial charge in [0.15, 0.2) is 0 Å². The summed E-state index contributed by atoms with van der Waals surface area (Å²) in [7, 11) is 0. The lowest BCUT2D eigenvalue weighted by molar-refractivity contribution is 0.350. The quantitative estimate of drug-likeness (QED) is 0.367. The molecule has 0 aliphatic carbocycles. The summed E-state index contributed by atoms with van der Waals surface area (Å²) >= 11 is 0. The third kappa shape index (κ3) is 13.2. The average molecular weight is 274 g/mol. The van der Waals surface area contributed by atoms with E-state index >= 15 is 0 Å². The Balaban J connectivity index is 3.85. The molecule has 0 spiro atoms. The van der Waals surface area contributed by atoms with Crippen molar-refractivity contribution < 1.29 is 5.11 Å². The molecule has 0 bridgehead atoms. The smallest absolute Gasteiger partial charge is 0.104 e. The molecule has 1 heteroatoms. The lowest BCUT2D eigenvalue weighted by Crippen LogP contribution is -1.81. The van der Waals surface area contributed by atoms with Crippen LogP contribution in [-0.2, 0) is 0 Å². The highest BCUT2D eigenvalue weighted by Gasteiger charge is 1.91. The lowest BCUT2D eigenvalue weighted by Gasteiger charge is -2.01. The van der Waals surface area contributed by atoms with Crippen LogP contribution in [0.4, 0.5) is 0 Å². The second-order valence-electron chi connectivity index (χ2n) is 5.51. The Kier molecular flexibility index (Phi) is 12.0. The molecule has 0 saturated heterocycles. The number of hydrogen-bond donors (Lipinski definition) is 1. The first-order valence-corrected chi connectivity index (χ1v) is 7.57. The molecule has 1 nitrogen and oxygen atoms in total. The summed E-state index contributed by atoms with van der Waals surface area (Å²) in [6.45, 7) is 8.68. The van der Waals surface area contributed by atoms with Crippen LogP contribution in [-0.4, -0.2) is 11.7 Å². The molecule has 0 aliphatic heterocycles. The van der Waals surface area contributed by atoms with Gasteiger partial charge in [0.25, 0.3) is 0 Å². The van der Waals surface area contributed by atoms with Crippen LogP contribution < -0.4 is 0 Å². The van der Waals surface area contributed by atoms with E-state index in [2.05, 4.69) is 57.8 Å². The van der Waals surface area contributed by atoms with Crippen LogP contribution in [0, 0.1) is 11.8 Å². The van der Waals surface area contributed by atoms with Gasteiger partial charge in [-0.15, -0.1) is 5.92 Å². The van der Waals surface area contributed by atoms with Crippen LogP contribution in [0.1, 0.15) is 66.2 Å². The minimum atomic E-state index is -0.0283. The molecule has 0 atom stereocenters. The molecule has 0 aliphatic rings. The Morgan fingerprint density at radius 1 is 0.800 bits per heavy atom. The van der Waals surface area contributed by atoms with Crippen LogP contribution >= 0.6 is 0 Å². The van der Waals surface area contributed by atoms with Crippen LogP contribution in [0.25, 0.3) is 0 Å². The van der Waals surface area contributed by atoms with Gasteiger partial charge in [-0.1, -0.05) is 40.9 Å². The fourth-order valence-corrected chi connectivity index (χ4v) is 1.87. The SMILES string of the molecule is CC(C)=CCC/C(C)=C/CC/C(C)=C/CCC#CCO. The van der Waals surface area contributed by atoms with Gasteiger partial charge in [0, 0.05) is 6.42 Å². The van der Waals surface area contributed by atoms with E-state index in [0.29, 0.717) is 0 Å². The summed E-state index contributed by atoms with van der Waals surface area (Å²) in [5, 5.41) is 8.54. The van der Waals surface area contributed by atoms with Crippen molar-refractivity contribution in [2.45, 2.75) is 66.2 Å². The number of aliphatic hydroxyl groups is 1. The maximum atomic E-state index is 8.54. The van der Waals surface area contributed by atoms with Crippen molar-refractivity contribution in [2.24, 2.45) is 0 Å². The summed E-state index contributed by atoms with van der Waals surface area (Å²) in [6, 6.07) is 0. The van der Waals surface area contributed by atoms with Gasteiger partial charge >= 0.3 is 0 Å². The van der Waals surface area contributed by atoms with Crippen molar-refractivity contribution >= 4 is 0 Å². The maximum absolute atomic E-state index is 8.54. The molecule has 0 fully saturated rings. The maximum Gasteiger partial charge on any atom is 0.104 e. The van der Waals surface area contributed by atoms with E-state index in [4.69, 9.17) is 5.11 Å². The standard InChI is InChI=1S/C19H30O/c1-17(2)11-9-13-19(4)15-10-14-18(3)12-7-5-6-8-16-20/h11-12,15,20H,5,7,9-10,13-14,16H2,1-4H3/b18-12+,19-15+. The molecular formula is C19H30O. The Morgan fingerprint density at radius 2 is 1.35 bits per heavy atom. The van der Waals surface area contributed by atoms with Crippen molar-refractivity contribution in [3.05, 3.63) is 34.9 Å². The van der Waals surface area contributed by atoms with Gasteiger partial charge in [-0.25, -0.2) is 0 Å². The third-order valence-corrected chi connectivity index (χ3v) is 3.09. The Bertz CT molecular complexity index is 395. The topological polar surface area (TPSA) is 20.2 Å². The van der Waals surface area contributed by atoms with E-state index < -0.39 is 0 Å². The monoisotopic (exact) mass is 274 g/mol. The fraction of sp³-hybridized carbons (Fsp3) is 0.579. The first-order valence-electron chi connectivity index (χ1n) is 7.57. The summed E-state index contributed by atoms with van der Waals surface area (Å²) in [4.78, 5) is 0. The highest BCUT2D eigenvalue weighted by Crippen LogP contribution is 2.12. The normalized spacial score (nSPS) is 11.8. The van der Waals surface area contributed by atoms with Gasteiger partial charge in [-0.05, 0) is 59.8 Å². The number of allylic oxidation sites excluding steroid dienone is 6. The van der Waals surface area contributed by atoms with E-state index in [1.54, 1.807) is 0 Å². The number of hydrogen-bond acceptors (Lipinski definition) is 1. The predicted molar refractivity (Wildman–Crippen MR) is 89.5 cm³/mol. The first-order chi connectivity index (χ1) is 9.56. The van der Waals surface area contributed by atoms with Crippen molar-refractivity contribution in [2.75, 3.05) is 6.61 Å². The number of aliphatic hydroxyl groups excluding tert-OH is 1. The van der Waals surface area contributed by atoms with Gasteiger partial charge < -0.3 is 5.11 Å². The second-order valence-corrected chi connectivity index (χ2v) is 5.51. The van der Waals surface area contributed by atoms with Crippen LogP contribution in [0.5, 0.6) is 0 Å². The summed E-state index contributed by atoms with van der Waals surface area (Å²) < 4.78 is 0. The Morgan fingerprint density at radius 3 is 1.90 bits per heavy atom. The fourth-order valence-electron chi connectivity index (χ4n) is 1.87. The van der Waals surface area contributed by atoms with Gasteiger partial charge in [0.1, 0.15) is 6.61 Å². The van der Waals surface area contributed by atoms with E-state index in [1.165, 1.54) is 23.1 Å². The number of rotatable bonds is 8. The zero-order valence-corrected chi connectivity index (χ0v) is 13.6. The van der Waals surface area contributed by atoms with E-state index in [1.807, 2.05) is 0 Å². The van der Waals surface area contributed by atoms with Crippen LogP contribution in [0.3, 0.4) is 0 Å².